The van der Waals surface area contributed by atoms with E-state index in [0.29, 0.717) is 13.0 Å². The summed E-state index contributed by atoms with van der Waals surface area (Å²) >= 11 is 0. The van der Waals surface area contributed by atoms with Crippen LogP contribution in [0.3, 0.4) is 0 Å². The standard InChI is InChI=1S/C12H20N4O/c17-12(3-7-16-8-6-14-10-16)15-5-2-11-1-4-13-9-11/h6,8,10-11,13H,1-5,7,9H2,(H,15,17). The summed E-state index contributed by atoms with van der Waals surface area (Å²) in [5.74, 6) is 0.869. The molecule has 1 aromatic heterocycles. The van der Waals surface area contributed by atoms with Gasteiger partial charge in [0.15, 0.2) is 0 Å². The van der Waals surface area contributed by atoms with Gasteiger partial charge in [0.25, 0.3) is 0 Å². The van der Waals surface area contributed by atoms with E-state index >= 15 is 0 Å². The summed E-state index contributed by atoms with van der Waals surface area (Å²) in [6.07, 6.45) is 8.19. The number of amides is 1. The van der Waals surface area contributed by atoms with Crippen molar-refractivity contribution < 1.29 is 4.79 Å². The van der Waals surface area contributed by atoms with E-state index in [4.69, 9.17) is 0 Å². The topological polar surface area (TPSA) is 59.0 Å². The molecule has 1 amide bonds. The third-order valence-electron chi connectivity index (χ3n) is 3.19. The zero-order valence-corrected chi connectivity index (χ0v) is 10.1. The number of hydrogen-bond acceptors (Lipinski definition) is 3. The molecule has 1 unspecified atom stereocenters. The van der Waals surface area contributed by atoms with Gasteiger partial charge in [0.05, 0.1) is 6.33 Å². The predicted octanol–water partition coefficient (Wildman–Crippen LogP) is 0.389. The van der Waals surface area contributed by atoms with Crippen LogP contribution < -0.4 is 10.6 Å². The summed E-state index contributed by atoms with van der Waals surface area (Å²) in [4.78, 5) is 15.5. The Balaban J connectivity index is 1.54. The van der Waals surface area contributed by atoms with E-state index in [1.807, 2.05) is 10.8 Å². The smallest absolute Gasteiger partial charge is 0.221 e. The average molecular weight is 236 g/mol. The van der Waals surface area contributed by atoms with E-state index < -0.39 is 0 Å². The molecule has 0 saturated carbocycles. The van der Waals surface area contributed by atoms with Crippen LogP contribution in [0.4, 0.5) is 0 Å². The molecule has 0 aliphatic carbocycles. The first-order valence-electron chi connectivity index (χ1n) is 6.28. The molecule has 1 saturated heterocycles. The highest BCUT2D eigenvalue weighted by atomic mass is 16.1. The van der Waals surface area contributed by atoms with Crippen molar-refractivity contribution in [1.29, 1.82) is 0 Å². The Labute approximate surface area is 102 Å². The molecule has 1 aromatic rings. The second kappa shape index (κ2) is 6.39. The molecule has 0 spiro atoms. The van der Waals surface area contributed by atoms with E-state index in [1.165, 1.54) is 6.42 Å². The minimum absolute atomic E-state index is 0.129. The number of carbonyl (C=O) groups excluding carboxylic acids is 1. The predicted molar refractivity (Wildman–Crippen MR) is 65.4 cm³/mol. The Morgan fingerprint density at radius 2 is 2.53 bits per heavy atom. The molecule has 0 aromatic carbocycles. The molecule has 1 aliphatic heterocycles. The molecule has 2 heterocycles. The summed E-state index contributed by atoms with van der Waals surface area (Å²) in [6, 6.07) is 0. The van der Waals surface area contributed by atoms with Crippen LogP contribution in [-0.2, 0) is 11.3 Å². The molecule has 1 aliphatic rings. The maximum absolute atomic E-state index is 11.6. The van der Waals surface area contributed by atoms with Gasteiger partial charge in [0.2, 0.25) is 5.91 Å². The number of aromatic nitrogens is 2. The van der Waals surface area contributed by atoms with E-state index in [9.17, 15) is 4.79 Å². The SMILES string of the molecule is O=C(CCn1ccnc1)NCCC1CCNC1. The fraction of sp³-hybridized carbons (Fsp3) is 0.667. The summed E-state index contributed by atoms with van der Waals surface area (Å²) in [5, 5.41) is 6.30. The molecule has 17 heavy (non-hydrogen) atoms. The Morgan fingerprint density at radius 1 is 1.59 bits per heavy atom. The summed E-state index contributed by atoms with van der Waals surface area (Å²) < 4.78 is 1.92. The van der Waals surface area contributed by atoms with Crippen molar-refractivity contribution in [2.45, 2.75) is 25.8 Å². The highest BCUT2D eigenvalue weighted by Gasteiger charge is 2.13. The Bertz CT molecular complexity index is 330. The molecular weight excluding hydrogens is 216 g/mol. The number of carbonyl (C=O) groups is 1. The molecule has 94 valence electrons. The van der Waals surface area contributed by atoms with Gasteiger partial charge in [-0.25, -0.2) is 4.98 Å². The Morgan fingerprint density at radius 3 is 3.24 bits per heavy atom. The number of nitrogens with zero attached hydrogens (tertiary/aromatic N) is 2. The molecule has 0 bridgehead atoms. The van der Waals surface area contributed by atoms with Crippen LogP contribution in [0.25, 0.3) is 0 Å². The summed E-state index contributed by atoms with van der Waals surface area (Å²) in [5.41, 5.74) is 0. The second-order valence-corrected chi connectivity index (χ2v) is 4.55. The van der Waals surface area contributed by atoms with Crippen LogP contribution in [-0.4, -0.2) is 35.1 Å². The Kier molecular flexibility index (Phi) is 4.55. The highest BCUT2D eigenvalue weighted by molar-refractivity contribution is 5.75. The quantitative estimate of drug-likeness (QED) is 0.751. The largest absolute Gasteiger partial charge is 0.356 e. The number of aryl methyl sites for hydroxylation is 1. The van der Waals surface area contributed by atoms with Crippen LogP contribution in [0.5, 0.6) is 0 Å². The Hall–Kier alpha value is -1.36. The fourth-order valence-electron chi connectivity index (χ4n) is 2.11. The van der Waals surface area contributed by atoms with Gasteiger partial charge >= 0.3 is 0 Å². The third-order valence-corrected chi connectivity index (χ3v) is 3.19. The molecule has 0 radical (unpaired) electrons. The van der Waals surface area contributed by atoms with Crippen molar-refractivity contribution in [1.82, 2.24) is 20.2 Å². The lowest BCUT2D eigenvalue weighted by molar-refractivity contribution is -0.121. The first kappa shape index (κ1) is 12.1. The van der Waals surface area contributed by atoms with Crippen molar-refractivity contribution in [2.24, 2.45) is 5.92 Å². The van der Waals surface area contributed by atoms with E-state index in [-0.39, 0.29) is 5.91 Å². The van der Waals surface area contributed by atoms with Gasteiger partial charge in [-0.05, 0) is 31.8 Å². The molecule has 2 rings (SSSR count). The normalized spacial score (nSPS) is 19.4. The lowest BCUT2D eigenvalue weighted by Crippen LogP contribution is -2.27. The lowest BCUT2D eigenvalue weighted by Gasteiger charge is -2.09. The van der Waals surface area contributed by atoms with Gasteiger partial charge in [-0.3, -0.25) is 4.79 Å². The second-order valence-electron chi connectivity index (χ2n) is 4.55. The number of imidazole rings is 1. The third kappa shape index (κ3) is 4.19. The number of hydrogen-bond donors (Lipinski definition) is 2. The monoisotopic (exact) mass is 236 g/mol. The van der Waals surface area contributed by atoms with E-state index in [0.717, 1.165) is 32.0 Å². The molecule has 5 nitrogen and oxygen atoms in total. The maximum Gasteiger partial charge on any atom is 0.221 e. The van der Waals surface area contributed by atoms with Crippen molar-refractivity contribution >= 4 is 5.91 Å². The molecule has 2 N–H and O–H groups in total. The van der Waals surface area contributed by atoms with Crippen LogP contribution in [0, 0.1) is 5.92 Å². The van der Waals surface area contributed by atoms with Gasteiger partial charge in [0, 0.05) is 31.9 Å². The summed E-state index contributed by atoms with van der Waals surface area (Å²) in [6.45, 7) is 3.73. The molecular formula is C12H20N4O. The van der Waals surface area contributed by atoms with Crippen LogP contribution >= 0.6 is 0 Å². The fourth-order valence-corrected chi connectivity index (χ4v) is 2.11. The summed E-state index contributed by atoms with van der Waals surface area (Å²) in [7, 11) is 0. The van der Waals surface area contributed by atoms with Gasteiger partial charge in [-0.1, -0.05) is 0 Å². The van der Waals surface area contributed by atoms with Crippen molar-refractivity contribution in [3.63, 3.8) is 0 Å². The van der Waals surface area contributed by atoms with Crippen LogP contribution in [0.2, 0.25) is 0 Å². The molecule has 5 heteroatoms. The number of nitrogens with one attached hydrogen (secondary N) is 2. The minimum atomic E-state index is 0.129. The van der Waals surface area contributed by atoms with Crippen LogP contribution in [0.15, 0.2) is 18.7 Å². The molecule has 1 atom stereocenters. The highest BCUT2D eigenvalue weighted by Crippen LogP contribution is 2.10. The molecule has 1 fully saturated rings. The van der Waals surface area contributed by atoms with Gasteiger partial charge in [0.1, 0.15) is 0 Å². The maximum atomic E-state index is 11.6. The van der Waals surface area contributed by atoms with E-state index in [1.54, 1.807) is 12.5 Å². The zero-order valence-electron chi connectivity index (χ0n) is 10.1. The van der Waals surface area contributed by atoms with Crippen molar-refractivity contribution in [3.05, 3.63) is 18.7 Å². The van der Waals surface area contributed by atoms with Crippen LogP contribution in [0.1, 0.15) is 19.3 Å². The van der Waals surface area contributed by atoms with Gasteiger partial charge in [-0.2, -0.15) is 0 Å². The number of rotatable bonds is 6. The lowest BCUT2D eigenvalue weighted by atomic mass is 10.1. The van der Waals surface area contributed by atoms with Crippen molar-refractivity contribution in [2.75, 3.05) is 19.6 Å². The van der Waals surface area contributed by atoms with Crippen molar-refractivity contribution in [3.8, 4) is 0 Å². The van der Waals surface area contributed by atoms with Gasteiger partial charge < -0.3 is 15.2 Å². The van der Waals surface area contributed by atoms with E-state index in [2.05, 4.69) is 15.6 Å². The zero-order chi connectivity index (χ0) is 11.9. The average Bonchev–Trinajstić information content (AvgIpc) is 2.99. The first-order chi connectivity index (χ1) is 8.34. The van der Waals surface area contributed by atoms with Gasteiger partial charge in [-0.15, -0.1) is 0 Å². The minimum Gasteiger partial charge on any atom is -0.356 e. The first-order valence-corrected chi connectivity index (χ1v) is 6.28.